The molecule has 3 aromatic rings. The number of likely N-dealkylation sites (N-methyl/N-ethyl adjacent to an activating group) is 1. The van der Waals surface area contributed by atoms with E-state index >= 15 is 0 Å². The van der Waals surface area contributed by atoms with Crippen LogP contribution in [-0.4, -0.2) is 101 Å². The van der Waals surface area contributed by atoms with Gasteiger partial charge in [0.05, 0.1) is 28.7 Å². The molecule has 3 aliphatic rings. The molecule has 3 fully saturated rings. The topological polar surface area (TPSA) is 86.7 Å². The second-order valence-corrected chi connectivity index (χ2v) is 10.7. The quantitative estimate of drug-likeness (QED) is 0.604. The van der Waals surface area contributed by atoms with Crippen molar-refractivity contribution in [1.29, 1.82) is 0 Å². The lowest BCUT2D eigenvalue weighted by Crippen LogP contribution is -2.53. The van der Waals surface area contributed by atoms with Crippen LogP contribution in [0.5, 0.6) is 0 Å². The van der Waals surface area contributed by atoms with E-state index in [1.54, 1.807) is 6.20 Å². The lowest BCUT2D eigenvalue weighted by molar-refractivity contribution is 0.0518. The Balaban J connectivity index is 1.29. The molecular weight excluding hydrogens is 456 g/mol. The van der Waals surface area contributed by atoms with Crippen molar-refractivity contribution in [3.05, 3.63) is 39.8 Å². The first-order chi connectivity index (χ1) is 17.5. The van der Waals surface area contributed by atoms with Crippen molar-refractivity contribution in [2.75, 3.05) is 59.5 Å². The van der Waals surface area contributed by atoms with Gasteiger partial charge in [0.15, 0.2) is 0 Å². The molecule has 0 bridgehead atoms. The Morgan fingerprint density at radius 2 is 1.69 bits per heavy atom. The summed E-state index contributed by atoms with van der Waals surface area (Å²) in [5.74, 6) is 0.0858. The predicted molar refractivity (Wildman–Crippen MR) is 140 cm³/mol. The monoisotopic (exact) mass is 492 g/mol. The van der Waals surface area contributed by atoms with Gasteiger partial charge in [-0.15, -0.1) is 0 Å². The molecular formula is C27H36N6O3. The molecule has 9 heteroatoms. The second kappa shape index (κ2) is 9.61. The summed E-state index contributed by atoms with van der Waals surface area (Å²) in [6.07, 6.45) is 5.44. The first-order valence-corrected chi connectivity index (χ1v) is 13.3. The molecule has 2 aromatic heterocycles. The number of benzene rings is 1. The number of carbonyl (C=O) groups excluding carboxylic acids is 1. The number of aromatic amines is 1. The highest BCUT2D eigenvalue weighted by Gasteiger charge is 2.30. The molecule has 3 aliphatic heterocycles. The van der Waals surface area contributed by atoms with E-state index in [4.69, 9.17) is 4.74 Å². The summed E-state index contributed by atoms with van der Waals surface area (Å²) in [6, 6.07) is 4.69. The summed E-state index contributed by atoms with van der Waals surface area (Å²) >= 11 is 0. The molecule has 0 unspecified atom stereocenters. The molecule has 0 atom stereocenters. The van der Waals surface area contributed by atoms with Crippen molar-refractivity contribution < 1.29 is 9.53 Å². The smallest absolute Gasteiger partial charge is 0.259 e. The molecule has 0 saturated carbocycles. The number of aromatic nitrogens is 3. The third kappa shape index (κ3) is 4.23. The normalized spacial score (nSPS) is 21.6. The first-order valence-electron chi connectivity index (χ1n) is 13.3. The minimum absolute atomic E-state index is 0.0858. The number of nitrogens with zero attached hydrogens (tertiary/aromatic N) is 5. The Labute approximate surface area is 211 Å². The molecule has 1 amide bonds. The number of piperazine rings is 1. The molecule has 0 spiro atoms. The van der Waals surface area contributed by atoms with Gasteiger partial charge in [-0.25, -0.2) is 0 Å². The second-order valence-electron chi connectivity index (χ2n) is 10.7. The van der Waals surface area contributed by atoms with Gasteiger partial charge in [-0.3, -0.25) is 19.2 Å². The van der Waals surface area contributed by atoms with E-state index in [0.717, 1.165) is 86.9 Å². The largest absolute Gasteiger partial charge is 0.381 e. The van der Waals surface area contributed by atoms with E-state index in [0.29, 0.717) is 30.2 Å². The molecule has 6 rings (SSSR count). The van der Waals surface area contributed by atoms with Crippen LogP contribution in [0.2, 0.25) is 0 Å². The van der Waals surface area contributed by atoms with Crippen molar-refractivity contribution in [3.8, 4) is 0 Å². The van der Waals surface area contributed by atoms with Gasteiger partial charge in [-0.2, -0.15) is 5.10 Å². The van der Waals surface area contributed by atoms with Gasteiger partial charge in [0.1, 0.15) is 0 Å². The van der Waals surface area contributed by atoms with Gasteiger partial charge in [-0.1, -0.05) is 0 Å². The van der Waals surface area contributed by atoms with Crippen molar-refractivity contribution >= 4 is 27.7 Å². The fourth-order valence-electron chi connectivity index (χ4n) is 6.22. The van der Waals surface area contributed by atoms with E-state index in [1.807, 2.05) is 28.6 Å². The Hall–Kier alpha value is -2.75. The number of nitrogens with one attached hydrogen (secondary N) is 1. The van der Waals surface area contributed by atoms with Crippen molar-refractivity contribution in [2.24, 2.45) is 0 Å². The van der Waals surface area contributed by atoms with Gasteiger partial charge in [0, 0.05) is 69.5 Å². The molecule has 1 aromatic carbocycles. The zero-order valence-corrected chi connectivity index (χ0v) is 21.3. The van der Waals surface area contributed by atoms with Crippen LogP contribution in [0.15, 0.2) is 23.1 Å². The Bertz CT molecular complexity index is 1320. The SMILES string of the molecule is Cc1cc2[nH]c(=O)c3cnn(C4CCOCC4)c3c2cc1C(=O)N1CCC(N2CCN(C)CC2)CC1. The maximum absolute atomic E-state index is 13.7. The van der Waals surface area contributed by atoms with Gasteiger partial charge < -0.3 is 19.5 Å². The Morgan fingerprint density at radius 3 is 2.42 bits per heavy atom. The summed E-state index contributed by atoms with van der Waals surface area (Å²) in [5, 5.41) is 6.07. The zero-order valence-electron chi connectivity index (χ0n) is 21.3. The number of H-pyrrole nitrogens is 1. The van der Waals surface area contributed by atoms with Gasteiger partial charge >= 0.3 is 0 Å². The third-order valence-corrected chi connectivity index (χ3v) is 8.48. The highest BCUT2D eigenvalue weighted by atomic mass is 16.5. The van der Waals surface area contributed by atoms with Crippen molar-refractivity contribution in [3.63, 3.8) is 0 Å². The first kappa shape index (κ1) is 23.6. The maximum Gasteiger partial charge on any atom is 0.259 e. The minimum Gasteiger partial charge on any atom is -0.381 e. The van der Waals surface area contributed by atoms with Crippen LogP contribution >= 0.6 is 0 Å². The van der Waals surface area contributed by atoms with Crippen LogP contribution in [0.3, 0.4) is 0 Å². The van der Waals surface area contributed by atoms with E-state index in [-0.39, 0.29) is 17.5 Å². The number of pyridine rings is 1. The number of ether oxygens (including phenoxy) is 1. The number of likely N-dealkylation sites (tertiary alicyclic amines) is 1. The average molecular weight is 493 g/mol. The highest BCUT2D eigenvalue weighted by molar-refractivity contribution is 6.07. The fraction of sp³-hybridized carbons (Fsp3) is 0.593. The third-order valence-electron chi connectivity index (χ3n) is 8.48. The highest BCUT2D eigenvalue weighted by Crippen LogP contribution is 2.30. The van der Waals surface area contributed by atoms with Gasteiger partial charge in [0.25, 0.3) is 11.5 Å². The standard InChI is InChI=1S/C27H36N6O3/c1-18-15-24-22(25-23(26(34)29-24)17-28-33(25)20-5-13-36-14-6-20)16-21(18)27(35)32-7-3-19(4-8-32)31-11-9-30(2)10-12-31/h15-17,19-20H,3-14H2,1-2H3,(H,29,34). The van der Waals surface area contributed by atoms with E-state index in [9.17, 15) is 9.59 Å². The fourth-order valence-corrected chi connectivity index (χ4v) is 6.22. The molecule has 9 nitrogen and oxygen atoms in total. The number of carbonyl (C=O) groups is 1. The summed E-state index contributed by atoms with van der Waals surface area (Å²) in [6.45, 7) is 9.40. The number of fused-ring (bicyclic) bond motifs is 3. The van der Waals surface area contributed by atoms with Crippen LogP contribution in [0.25, 0.3) is 21.8 Å². The Kier molecular flexibility index (Phi) is 6.31. The number of hydrogen-bond donors (Lipinski definition) is 1. The van der Waals surface area contributed by atoms with E-state index in [2.05, 4.69) is 26.9 Å². The Morgan fingerprint density at radius 1 is 0.972 bits per heavy atom. The van der Waals surface area contributed by atoms with E-state index in [1.165, 1.54) is 0 Å². The minimum atomic E-state index is -0.139. The van der Waals surface area contributed by atoms with Crippen LogP contribution in [0, 0.1) is 6.92 Å². The van der Waals surface area contributed by atoms with Gasteiger partial charge in [0.2, 0.25) is 0 Å². The number of hydrogen-bond acceptors (Lipinski definition) is 6. The van der Waals surface area contributed by atoms with E-state index < -0.39 is 0 Å². The lowest BCUT2D eigenvalue weighted by atomic mass is 9.98. The van der Waals surface area contributed by atoms with Crippen LogP contribution < -0.4 is 5.56 Å². The van der Waals surface area contributed by atoms with Crippen LogP contribution in [-0.2, 0) is 4.74 Å². The van der Waals surface area contributed by atoms with Crippen LogP contribution in [0.1, 0.15) is 47.6 Å². The number of aryl methyl sites for hydroxylation is 1. The van der Waals surface area contributed by atoms with Gasteiger partial charge in [-0.05, 0) is 57.4 Å². The zero-order chi connectivity index (χ0) is 24.8. The molecule has 5 heterocycles. The summed E-state index contributed by atoms with van der Waals surface area (Å²) in [4.78, 5) is 36.6. The average Bonchev–Trinajstić information content (AvgIpc) is 3.35. The van der Waals surface area contributed by atoms with Crippen LogP contribution in [0.4, 0.5) is 0 Å². The van der Waals surface area contributed by atoms with Crippen molar-refractivity contribution in [2.45, 2.75) is 44.7 Å². The predicted octanol–water partition coefficient (Wildman–Crippen LogP) is 2.39. The molecule has 3 saturated heterocycles. The summed E-state index contributed by atoms with van der Waals surface area (Å²) in [5.41, 5.74) is 3.04. The number of amides is 1. The number of piperidine rings is 1. The molecule has 1 N–H and O–H groups in total. The summed E-state index contributed by atoms with van der Waals surface area (Å²) in [7, 11) is 2.18. The number of rotatable bonds is 3. The maximum atomic E-state index is 13.7. The molecule has 0 radical (unpaired) electrons. The molecule has 0 aliphatic carbocycles. The lowest BCUT2D eigenvalue weighted by Gasteiger charge is -2.42. The molecule has 192 valence electrons. The summed E-state index contributed by atoms with van der Waals surface area (Å²) < 4.78 is 7.53. The molecule has 36 heavy (non-hydrogen) atoms. The van der Waals surface area contributed by atoms with Crippen molar-refractivity contribution in [1.82, 2.24) is 29.5 Å².